The third-order valence-corrected chi connectivity index (χ3v) is 5.65. The summed E-state index contributed by atoms with van der Waals surface area (Å²) in [6.45, 7) is 11.6. The molecule has 0 unspecified atom stereocenters. The van der Waals surface area contributed by atoms with Crippen molar-refractivity contribution >= 4 is 30.1 Å². The highest BCUT2D eigenvalue weighted by Crippen LogP contribution is 2.33. The SMILES string of the molecule is CC(C)(C)OCCC(C)(C)SI. The first-order chi connectivity index (χ1) is 5.27. The molecule has 0 fully saturated rings. The Morgan fingerprint density at radius 1 is 1.17 bits per heavy atom. The lowest BCUT2D eigenvalue weighted by Crippen LogP contribution is -2.23. The second-order valence-corrected chi connectivity index (χ2v) is 7.13. The summed E-state index contributed by atoms with van der Waals surface area (Å²) in [4.78, 5) is 0. The zero-order chi connectivity index (χ0) is 9.83. The predicted octanol–water partition coefficient (Wildman–Crippen LogP) is 4.05. The van der Waals surface area contributed by atoms with E-state index in [1.54, 1.807) is 0 Å². The lowest BCUT2D eigenvalue weighted by Gasteiger charge is -2.24. The first kappa shape index (κ1) is 13.0. The van der Waals surface area contributed by atoms with E-state index in [9.17, 15) is 0 Å². The molecule has 0 radical (unpaired) electrons. The van der Waals surface area contributed by atoms with Crippen molar-refractivity contribution in [1.82, 2.24) is 0 Å². The molecule has 0 amide bonds. The molecular formula is C9H19IOS. The molecule has 0 saturated heterocycles. The molecule has 0 aromatic heterocycles. The van der Waals surface area contributed by atoms with Gasteiger partial charge < -0.3 is 4.74 Å². The zero-order valence-electron chi connectivity index (χ0n) is 8.61. The largest absolute Gasteiger partial charge is 0.376 e. The van der Waals surface area contributed by atoms with E-state index in [-0.39, 0.29) is 5.60 Å². The van der Waals surface area contributed by atoms with E-state index in [1.165, 1.54) is 0 Å². The Bertz CT molecular complexity index is 129. The number of halogens is 1. The third-order valence-electron chi connectivity index (χ3n) is 1.45. The standard InChI is InChI=1S/C9H19IOS/c1-8(2,3)11-7-6-9(4,5)12-10/h6-7H2,1-5H3. The van der Waals surface area contributed by atoms with Gasteiger partial charge in [-0.05, 0) is 62.2 Å². The van der Waals surface area contributed by atoms with Crippen molar-refractivity contribution in [2.45, 2.75) is 51.4 Å². The normalized spacial score (nSPS) is 13.5. The fourth-order valence-electron chi connectivity index (χ4n) is 0.642. The molecule has 0 bridgehead atoms. The smallest absolute Gasteiger partial charge is 0.0598 e. The minimum Gasteiger partial charge on any atom is -0.376 e. The topological polar surface area (TPSA) is 9.23 Å². The van der Waals surface area contributed by atoms with Crippen molar-refractivity contribution in [3.8, 4) is 0 Å². The Morgan fingerprint density at radius 2 is 1.67 bits per heavy atom. The van der Waals surface area contributed by atoms with Gasteiger partial charge in [-0.15, -0.1) is 0 Å². The average Bonchev–Trinajstić information content (AvgIpc) is 1.84. The van der Waals surface area contributed by atoms with E-state index < -0.39 is 0 Å². The van der Waals surface area contributed by atoms with E-state index >= 15 is 0 Å². The Kier molecular flexibility index (Phi) is 5.49. The van der Waals surface area contributed by atoms with Crippen LogP contribution in [0.4, 0.5) is 0 Å². The molecule has 0 aromatic rings. The Labute approximate surface area is 92.6 Å². The Hall–Kier alpha value is 1.04. The van der Waals surface area contributed by atoms with Gasteiger partial charge in [-0.2, -0.15) is 0 Å². The Morgan fingerprint density at radius 3 is 2.00 bits per heavy atom. The molecular weight excluding hydrogens is 283 g/mol. The molecule has 0 aromatic carbocycles. The van der Waals surface area contributed by atoms with Crippen molar-refractivity contribution in [1.29, 1.82) is 0 Å². The van der Waals surface area contributed by atoms with Crippen LogP contribution < -0.4 is 0 Å². The highest BCUT2D eigenvalue weighted by molar-refractivity contribution is 14.2. The minimum atomic E-state index is 0.00597. The van der Waals surface area contributed by atoms with Crippen molar-refractivity contribution in [2.75, 3.05) is 6.61 Å². The van der Waals surface area contributed by atoms with Crippen LogP contribution in [0.3, 0.4) is 0 Å². The number of ether oxygens (including phenoxy) is 1. The van der Waals surface area contributed by atoms with Crippen molar-refractivity contribution in [3.63, 3.8) is 0 Å². The molecule has 0 aliphatic rings. The van der Waals surface area contributed by atoms with Gasteiger partial charge >= 0.3 is 0 Å². The maximum absolute atomic E-state index is 5.65. The van der Waals surface area contributed by atoms with Crippen molar-refractivity contribution in [3.05, 3.63) is 0 Å². The molecule has 3 heteroatoms. The monoisotopic (exact) mass is 302 g/mol. The molecule has 0 saturated carbocycles. The average molecular weight is 302 g/mol. The number of hydrogen-bond donors (Lipinski definition) is 0. The van der Waals surface area contributed by atoms with E-state index in [1.807, 2.05) is 8.93 Å². The van der Waals surface area contributed by atoms with Gasteiger partial charge in [-0.3, -0.25) is 0 Å². The summed E-state index contributed by atoms with van der Waals surface area (Å²) in [6, 6.07) is 0. The van der Waals surface area contributed by atoms with Gasteiger partial charge in [0.25, 0.3) is 0 Å². The lowest BCUT2D eigenvalue weighted by molar-refractivity contribution is -0.00617. The molecule has 0 atom stereocenters. The van der Waals surface area contributed by atoms with Crippen LogP contribution in [-0.2, 0) is 4.74 Å². The maximum atomic E-state index is 5.65. The van der Waals surface area contributed by atoms with E-state index in [4.69, 9.17) is 4.74 Å². The highest BCUT2D eigenvalue weighted by Gasteiger charge is 2.18. The predicted molar refractivity (Wildman–Crippen MR) is 66.0 cm³/mol. The molecule has 74 valence electrons. The third kappa shape index (κ3) is 7.68. The van der Waals surface area contributed by atoms with Crippen molar-refractivity contribution in [2.24, 2.45) is 0 Å². The highest BCUT2D eigenvalue weighted by atomic mass is 127. The Balaban J connectivity index is 3.57. The first-order valence-electron chi connectivity index (χ1n) is 4.20. The summed E-state index contributed by atoms with van der Waals surface area (Å²) >= 11 is 2.35. The number of hydrogen-bond acceptors (Lipinski definition) is 2. The van der Waals surface area contributed by atoms with Gasteiger partial charge in [0, 0.05) is 11.4 Å². The molecule has 12 heavy (non-hydrogen) atoms. The summed E-state index contributed by atoms with van der Waals surface area (Å²) in [6.07, 6.45) is 1.11. The summed E-state index contributed by atoms with van der Waals surface area (Å²) in [5.74, 6) is 0. The summed E-state index contributed by atoms with van der Waals surface area (Å²) < 4.78 is 5.99. The summed E-state index contributed by atoms with van der Waals surface area (Å²) in [5, 5.41) is 0. The van der Waals surface area contributed by atoms with Gasteiger partial charge in [0.1, 0.15) is 0 Å². The minimum absolute atomic E-state index is 0.00597. The van der Waals surface area contributed by atoms with Gasteiger partial charge in [-0.1, -0.05) is 8.93 Å². The first-order valence-corrected chi connectivity index (χ1v) is 7.56. The fourth-order valence-corrected chi connectivity index (χ4v) is 1.46. The maximum Gasteiger partial charge on any atom is 0.0598 e. The molecule has 0 rings (SSSR count). The van der Waals surface area contributed by atoms with E-state index in [0.717, 1.165) is 13.0 Å². The van der Waals surface area contributed by atoms with Crippen LogP contribution in [0.1, 0.15) is 41.0 Å². The van der Waals surface area contributed by atoms with Crippen molar-refractivity contribution < 1.29 is 4.74 Å². The van der Waals surface area contributed by atoms with Crippen LogP contribution in [-0.4, -0.2) is 17.0 Å². The van der Waals surface area contributed by atoms with Gasteiger partial charge in [-0.25, -0.2) is 0 Å². The quantitative estimate of drug-likeness (QED) is 0.724. The van der Waals surface area contributed by atoms with Gasteiger partial charge in [0.05, 0.1) is 5.60 Å². The van der Waals surface area contributed by atoms with Crippen LogP contribution in [0, 0.1) is 0 Å². The summed E-state index contributed by atoms with van der Waals surface area (Å²) in [5.41, 5.74) is 0.00597. The molecule has 0 heterocycles. The van der Waals surface area contributed by atoms with Crippen LogP contribution in [0.5, 0.6) is 0 Å². The lowest BCUT2D eigenvalue weighted by atomic mass is 10.1. The number of rotatable bonds is 4. The molecule has 0 N–H and O–H groups in total. The fraction of sp³-hybridized carbons (Fsp3) is 1.00. The van der Waals surface area contributed by atoms with Crippen LogP contribution >= 0.6 is 30.1 Å². The van der Waals surface area contributed by atoms with E-state index in [0.29, 0.717) is 4.75 Å². The molecule has 0 spiro atoms. The second-order valence-electron chi connectivity index (χ2n) is 4.55. The van der Waals surface area contributed by atoms with Gasteiger partial charge in [0.2, 0.25) is 0 Å². The van der Waals surface area contributed by atoms with Crippen LogP contribution in [0.15, 0.2) is 0 Å². The summed E-state index contributed by atoms with van der Waals surface area (Å²) in [7, 11) is 1.87. The van der Waals surface area contributed by atoms with Crippen LogP contribution in [0.25, 0.3) is 0 Å². The second kappa shape index (κ2) is 5.05. The van der Waals surface area contributed by atoms with Crippen LogP contribution in [0.2, 0.25) is 0 Å². The molecule has 0 aliphatic heterocycles. The zero-order valence-corrected chi connectivity index (χ0v) is 11.6. The molecule has 1 nitrogen and oxygen atoms in total. The molecule has 0 aliphatic carbocycles. The van der Waals surface area contributed by atoms with Gasteiger partial charge in [0.15, 0.2) is 0 Å². The van der Waals surface area contributed by atoms with E-state index in [2.05, 4.69) is 55.8 Å².